The van der Waals surface area contributed by atoms with E-state index in [1.54, 1.807) is 0 Å². The molecule has 0 bridgehead atoms. The van der Waals surface area contributed by atoms with Crippen molar-refractivity contribution in [2.45, 2.75) is 32.0 Å². The van der Waals surface area contributed by atoms with Crippen molar-refractivity contribution in [1.82, 2.24) is 14.8 Å². The SMILES string of the molecule is CCc1ccc(C(=O)CSc2nnc(COc3ccccc3)n2-c2ccc(C)cc2)cc1. The molecule has 6 heteroatoms. The molecule has 32 heavy (non-hydrogen) atoms. The first kappa shape index (κ1) is 21.8. The van der Waals surface area contributed by atoms with E-state index in [0.29, 0.717) is 16.5 Å². The van der Waals surface area contributed by atoms with Gasteiger partial charge in [-0.3, -0.25) is 9.36 Å². The number of thioether (sulfide) groups is 1. The van der Waals surface area contributed by atoms with Crippen LogP contribution in [0.4, 0.5) is 0 Å². The fraction of sp³-hybridized carbons (Fsp3) is 0.192. The number of para-hydroxylation sites is 1. The van der Waals surface area contributed by atoms with Gasteiger partial charge in [0.15, 0.2) is 16.8 Å². The molecule has 0 saturated heterocycles. The number of ketones is 1. The van der Waals surface area contributed by atoms with E-state index in [9.17, 15) is 4.79 Å². The smallest absolute Gasteiger partial charge is 0.196 e. The molecular formula is C26H25N3O2S. The van der Waals surface area contributed by atoms with Gasteiger partial charge in [-0.15, -0.1) is 10.2 Å². The number of carbonyl (C=O) groups excluding carboxylic acids is 1. The second kappa shape index (κ2) is 10.3. The third-order valence-corrected chi connectivity index (χ3v) is 6.05. The Labute approximate surface area is 192 Å². The van der Waals surface area contributed by atoms with E-state index in [1.807, 2.05) is 90.4 Å². The minimum Gasteiger partial charge on any atom is -0.486 e. The van der Waals surface area contributed by atoms with Gasteiger partial charge < -0.3 is 4.74 Å². The minimum absolute atomic E-state index is 0.0678. The summed E-state index contributed by atoms with van der Waals surface area (Å²) in [6.07, 6.45) is 0.955. The number of aryl methyl sites for hydroxylation is 2. The highest BCUT2D eigenvalue weighted by molar-refractivity contribution is 7.99. The summed E-state index contributed by atoms with van der Waals surface area (Å²) in [6.45, 7) is 4.43. The summed E-state index contributed by atoms with van der Waals surface area (Å²) in [5, 5.41) is 9.39. The van der Waals surface area contributed by atoms with Crippen LogP contribution in [-0.4, -0.2) is 26.3 Å². The van der Waals surface area contributed by atoms with Crippen LogP contribution in [0, 0.1) is 6.92 Å². The number of ether oxygens (including phenoxy) is 1. The Kier molecular flexibility index (Phi) is 7.02. The molecule has 0 unspecified atom stereocenters. The van der Waals surface area contributed by atoms with Crippen molar-refractivity contribution in [2.24, 2.45) is 0 Å². The summed E-state index contributed by atoms with van der Waals surface area (Å²) in [5.74, 6) is 1.80. The lowest BCUT2D eigenvalue weighted by Crippen LogP contribution is -2.08. The van der Waals surface area contributed by atoms with Crippen LogP contribution in [0.1, 0.15) is 34.2 Å². The van der Waals surface area contributed by atoms with Crippen molar-refractivity contribution in [3.8, 4) is 11.4 Å². The predicted octanol–water partition coefficient (Wildman–Crippen LogP) is 5.69. The Bertz CT molecular complexity index is 1170. The van der Waals surface area contributed by atoms with E-state index < -0.39 is 0 Å². The fourth-order valence-electron chi connectivity index (χ4n) is 3.24. The van der Waals surface area contributed by atoms with E-state index in [-0.39, 0.29) is 18.1 Å². The summed E-state index contributed by atoms with van der Waals surface area (Å²) >= 11 is 1.39. The first-order valence-corrected chi connectivity index (χ1v) is 11.6. The van der Waals surface area contributed by atoms with Crippen LogP contribution >= 0.6 is 11.8 Å². The van der Waals surface area contributed by atoms with Crippen molar-refractivity contribution in [3.05, 3.63) is 101 Å². The Hall–Kier alpha value is -3.38. The maximum absolute atomic E-state index is 12.7. The van der Waals surface area contributed by atoms with E-state index >= 15 is 0 Å². The molecule has 1 heterocycles. The Balaban J connectivity index is 1.54. The van der Waals surface area contributed by atoms with Crippen molar-refractivity contribution >= 4 is 17.5 Å². The molecule has 1 aromatic heterocycles. The number of rotatable bonds is 9. The maximum atomic E-state index is 12.7. The number of carbonyl (C=O) groups is 1. The molecule has 0 aliphatic heterocycles. The van der Waals surface area contributed by atoms with Crippen molar-refractivity contribution in [1.29, 1.82) is 0 Å². The minimum atomic E-state index is 0.0678. The second-order valence-electron chi connectivity index (χ2n) is 7.43. The summed E-state index contributed by atoms with van der Waals surface area (Å²) in [4.78, 5) is 12.7. The molecule has 162 valence electrons. The molecule has 4 rings (SSSR count). The molecule has 0 atom stereocenters. The zero-order valence-electron chi connectivity index (χ0n) is 18.2. The van der Waals surface area contributed by atoms with Crippen LogP contribution in [0.5, 0.6) is 5.75 Å². The average molecular weight is 444 g/mol. The highest BCUT2D eigenvalue weighted by Gasteiger charge is 2.17. The molecule has 0 N–H and O–H groups in total. The highest BCUT2D eigenvalue weighted by Crippen LogP contribution is 2.24. The zero-order valence-corrected chi connectivity index (χ0v) is 19.0. The largest absolute Gasteiger partial charge is 0.486 e. The van der Waals surface area contributed by atoms with Gasteiger partial charge in [0.25, 0.3) is 0 Å². The Morgan fingerprint density at radius 2 is 1.66 bits per heavy atom. The summed E-state index contributed by atoms with van der Waals surface area (Å²) < 4.78 is 7.87. The summed E-state index contributed by atoms with van der Waals surface area (Å²) in [5.41, 5.74) is 4.04. The average Bonchev–Trinajstić information content (AvgIpc) is 3.25. The van der Waals surface area contributed by atoms with Gasteiger partial charge in [-0.2, -0.15) is 0 Å². The van der Waals surface area contributed by atoms with E-state index in [0.717, 1.165) is 17.9 Å². The molecule has 0 aliphatic carbocycles. The molecule has 3 aromatic carbocycles. The van der Waals surface area contributed by atoms with Gasteiger partial charge in [0, 0.05) is 11.3 Å². The number of hydrogen-bond acceptors (Lipinski definition) is 5. The lowest BCUT2D eigenvalue weighted by atomic mass is 10.1. The van der Waals surface area contributed by atoms with Gasteiger partial charge in [0.2, 0.25) is 0 Å². The molecule has 0 aliphatic rings. The van der Waals surface area contributed by atoms with Crippen LogP contribution in [-0.2, 0) is 13.0 Å². The molecule has 0 saturated carbocycles. The fourth-order valence-corrected chi connectivity index (χ4v) is 4.11. The standard InChI is InChI=1S/C26H25N3O2S/c1-3-20-11-13-21(14-12-20)24(30)18-32-26-28-27-25(17-31-23-7-5-4-6-8-23)29(26)22-15-9-19(2)10-16-22/h4-16H,3,17-18H2,1-2H3. The predicted molar refractivity (Wildman–Crippen MR) is 128 cm³/mol. The van der Waals surface area contributed by atoms with Gasteiger partial charge >= 0.3 is 0 Å². The van der Waals surface area contributed by atoms with Crippen LogP contribution in [0.2, 0.25) is 0 Å². The summed E-state index contributed by atoms with van der Waals surface area (Å²) in [7, 11) is 0. The third-order valence-electron chi connectivity index (χ3n) is 5.12. The van der Waals surface area contributed by atoms with Crippen molar-refractivity contribution in [3.63, 3.8) is 0 Å². The van der Waals surface area contributed by atoms with Gasteiger partial charge in [-0.05, 0) is 43.2 Å². The van der Waals surface area contributed by atoms with Crippen LogP contribution in [0.25, 0.3) is 5.69 Å². The number of Topliss-reactive ketones (excluding diaryl/α,β-unsaturated/α-hetero) is 1. The lowest BCUT2D eigenvalue weighted by Gasteiger charge is -2.11. The van der Waals surface area contributed by atoms with E-state index in [4.69, 9.17) is 4.74 Å². The van der Waals surface area contributed by atoms with Gasteiger partial charge in [-0.25, -0.2) is 0 Å². The number of aromatic nitrogens is 3. The normalized spacial score (nSPS) is 10.8. The van der Waals surface area contributed by atoms with Gasteiger partial charge in [0.05, 0.1) is 5.75 Å². The van der Waals surface area contributed by atoms with Crippen LogP contribution < -0.4 is 4.74 Å². The first-order chi connectivity index (χ1) is 15.6. The molecule has 0 amide bonds. The zero-order chi connectivity index (χ0) is 22.3. The van der Waals surface area contributed by atoms with Crippen molar-refractivity contribution in [2.75, 3.05) is 5.75 Å². The van der Waals surface area contributed by atoms with Crippen LogP contribution in [0.15, 0.2) is 84.0 Å². The van der Waals surface area contributed by atoms with Crippen molar-refractivity contribution < 1.29 is 9.53 Å². The van der Waals surface area contributed by atoms with Crippen LogP contribution in [0.3, 0.4) is 0 Å². The highest BCUT2D eigenvalue weighted by atomic mass is 32.2. The number of hydrogen-bond donors (Lipinski definition) is 0. The lowest BCUT2D eigenvalue weighted by molar-refractivity contribution is 0.102. The Morgan fingerprint density at radius 3 is 2.34 bits per heavy atom. The first-order valence-electron chi connectivity index (χ1n) is 10.6. The molecule has 4 aromatic rings. The molecule has 0 spiro atoms. The Morgan fingerprint density at radius 1 is 0.938 bits per heavy atom. The molecule has 0 fully saturated rings. The maximum Gasteiger partial charge on any atom is 0.196 e. The molecular weight excluding hydrogens is 418 g/mol. The molecule has 0 radical (unpaired) electrons. The monoisotopic (exact) mass is 443 g/mol. The van der Waals surface area contributed by atoms with Gasteiger partial charge in [-0.1, -0.05) is 78.8 Å². The summed E-state index contributed by atoms with van der Waals surface area (Å²) in [6, 6.07) is 25.6. The van der Waals surface area contributed by atoms with E-state index in [2.05, 4.69) is 17.1 Å². The van der Waals surface area contributed by atoms with E-state index in [1.165, 1.54) is 22.9 Å². The second-order valence-corrected chi connectivity index (χ2v) is 8.38. The molecule has 5 nitrogen and oxygen atoms in total. The quantitative estimate of drug-likeness (QED) is 0.246. The van der Waals surface area contributed by atoms with Gasteiger partial charge in [0.1, 0.15) is 12.4 Å². The topological polar surface area (TPSA) is 57.0 Å². The number of nitrogens with zero attached hydrogens (tertiary/aromatic N) is 3. The third kappa shape index (κ3) is 5.26. The number of benzene rings is 3.